The SMILES string of the molecule is CC(C)c1c(=O)c2cc(F)c(F)c3c2n2c(csc12)CN3C. The van der Waals surface area contributed by atoms with Crippen LogP contribution in [0.5, 0.6) is 0 Å². The molecule has 2 aromatic heterocycles. The third-order valence-electron chi connectivity index (χ3n) is 4.27. The van der Waals surface area contributed by atoms with Gasteiger partial charge in [0, 0.05) is 18.0 Å². The monoisotopic (exact) mass is 320 g/mol. The summed E-state index contributed by atoms with van der Waals surface area (Å²) in [5.41, 5.74) is 2.11. The van der Waals surface area contributed by atoms with E-state index in [1.807, 2.05) is 23.6 Å². The van der Waals surface area contributed by atoms with Gasteiger partial charge in [0.05, 0.1) is 23.1 Å². The van der Waals surface area contributed by atoms with Crippen LogP contribution in [0.1, 0.15) is 31.0 Å². The van der Waals surface area contributed by atoms with Crippen molar-refractivity contribution in [2.45, 2.75) is 26.3 Å². The average Bonchev–Trinajstić information content (AvgIpc) is 2.85. The van der Waals surface area contributed by atoms with E-state index < -0.39 is 11.6 Å². The number of rotatable bonds is 1. The lowest BCUT2D eigenvalue weighted by Crippen LogP contribution is -2.27. The third-order valence-corrected chi connectivity index (χ3v) is 5.28. The van der Waals surface area contributed by atoms with E-state index in [4.69, 9.17) is 0 Å². The van der Waals surface area contributed by atoms with Crippen LogP contribution in [0.3, 0.4) is 0 Å². The number of hydrogen-bond acceptors (Lipinski definition) is 3. The Kier molecular flexibility index (Phi) is 2.67. The number of anilines is 1. The first kappa shape index (κ1) is 13.7. The van der Waals surface area contributed by atoms with E-state index in [1.54, 1.807) is 11.9 Å². The summed E-state index contributed by atoms with van der Waals surface area (Å²) in [4.78, 5) is 15.3. The van der Waals surface area contributed by atoms with Gasteiger partial charge in [0.25, 0.3) is 0 Å². The zero-order valence-corrected chi connectivity index (χ0v) is 13.2. The number of nitrogens with zero attached hydrogens (tertiary/aromatic N) is 2. The molecule has 0 fully saturated rings. The maximum Gasteiger partial charge on any atom is 0.194 e. The zero-order valence-electron chi connectivity index (χ0n) is 12.4. The van der Waals surface area contributed by atoms with Gasteiger partial charge in [-0.2, -0.15) is 0 Å². The second-order valence-corrected chi connectivity index (χ2v) is 6.90. The predicted octanol–water partition coefficient (Wildman–Crippen LogP) is 3.87. The smallest absolute Gasteiger partial charge is 0.194 e. The molecule has 3 heterocycles. The standard InChI is InChI=1S/C16H14F2N2OS/c1-7(2)11-15(21)9-4-10(17)12(18)14-13(9)20-8(5-19(14)3)6-22-16(11)20/h4,6-7H,5H2,1-3H3. The highest BCUT2D eigenvalue weighted by Crippen LogP contribution is 2.39. The largest absolute Gasteiger partial charge is 0.365 e. The molecule has 3 nitrogen and oxygen atoms in total. The van der Waals surface area contributed by atoms with Gasteiger partial charge in [-0.1, -0.05) is 13.8 Å². The van der Waals surface area contributed by atoms with Crippen LogP contribution in [0.4, 0.5) is 14.5 Å². The van der Waals surface area contributed by atoms with Gasteiger partial charge in [0.2, 0.25) is 0 Å². The second-order valence-electron chi connectivity index (χ2n) is 6.04. The minimum Gasteiger partial charge on any atom is -0.365 e. The summed E-state index contributed by atoms with van der Waals surface area (Å²) in [5, 5.41) is 2.24. The molecule has 0 amide bonds. The Bertz CT molecular complexity index is 1000. The highest BCUT2D eigenvalue weighted by atomic mass is 32.1. The molecule has 0 N–H and O–H groups in total. The molecular formula is C16H14F2N2OS. The van der Waals surface area contributed by atoms with Crippen LogP contribution < -0.4 is 10.3 Å². The number of thiazole rings is 1. The van der Waals surface area contributed by atoms with Crippen LogP contribution in [0, 0.1) is 11.6 Å². The Labute approximate surface area is 129 Å². The lowest BCUT2D eigenvalue weighted by Gasteiger charge is -2.28. The van der Waals surface area contributed by atoms with Crippen LogP contribution in [0.2, 0.25) is 0 Å². The summed E-state index contributed by atoms with van der Waals surface area (Å²) in [6, 6.07) is 1.04. The Morgan fingerprint density at radius 3 is 2.73 bits per heavy atom. The Balaban J connectivity index is 2.39. The van der Waals surface area contributed by atoms with Gasteiger partial charge < -0.3 is 4.90 Å². The molecule has 114 valence electrons. The van der Waals surface area contributed by atoms with Crippen LogP contribution in [-0.4, -0.2) is 11.4 Å². The number of hydrogen-bond donors (Lipinski definition) is 0. The van der Waals surface area contributed by atoms with Gasteiger partial charge in [0.1, 0.15) is 10.5 Å². The fourth-order valence-electron chi connectivity index (χ4n) is 3.32. The number of benzene rings is 1. The third kappa shape index (κ3) is 1.50. The maximum atomic E-state index is 14.3. The molecule has 0 bridgehead atoms. The van der Waals surface area contributed by atoms with Crippen LogP contribution in [-0.2, 0) is 6.54 Å². The fourth-order valence-corrected chi connectivity index (χ4v) is 4.52. The normalized spacial score (nSPS) is 14.0. The molecule has 4 rings (SSSR count). The quantitative estimate of drug-likeness (QED) is 0.680. The topological polar surface area (TPSA) is 24.7 Å². The van der Waals surface area contributed by atoms with Crippen LogP contribution >= 0.6 is 11.3 Å². The van der Waals surface area contributed by atoms with E-state index in [2.05, 4.69) is 0 Å². The van der Waals surface area contributed by atoms with Gasteiger partial charge in [-0.05, 0) is 12.0 Å². The van der Waals surface area contributed by atoms with Gasteiger partial charge in [-0.25, -0.2) is 8.78 Å². The first-order valence-electron chi connectivity index (χ1n) is 7.09. The van der Waals surface area contributed by atoms with E-state index in [-0.39, 0.29) is 22.4 Å². The van der Waals surface area contributed by atoms with E-state index >= 15 is 0 Å². The molecule has 1 aromatic carbocycles. The molecule has 6 heteroatoms. The molecular weight excluding hydrogens is 306 g/mol. The summed E-state index contributed by atoms with van der Waals surface area (Å²) in [7, 11) is 1.71. The van der Waals surface area contributed by atoms with Crippen molar-refractivity contribution in [2.24, 2.45) is 0 Å². The fraction of sp³-hybridized carbons (Fsp3) is 0.312. The van der Waals surface area contributed by atoms with Crippen molar-refractivity contribution in [3.05, 3.63) is 44.6 Å². The molecule has 0 atom stereocenters. The molecule has 3 aromatic rings. The molecule has 0 unspecified atom stereocenters. The van der Waals surface area contributed by atoms with E-state index in [0.717, 1.165) is 16.6 Å². The van der Waals surface area contributed by atoms with E-state index in [1.165, 1.54) is 11.3 Å². The van der Waals surface area contributed by atoms with Gasteiger partial charge in [-0.15, -0.1) is 11.3 Å². The molecule has 1 aliphatic heterocycles. The Hall–Kier alpha value is -1.95. The van der Waals surface area contributed by atoms with Crippen molar-refractivity contribution in [3.8, 4) is 0 Å². The predicted molar refractivity (Wildman–Crippen MR) is 85.2 cm³/mol. The maximum absolute atomic E-state index is 14.3. The summed E-state index contributed by atoms with van der Waals surface area (Å²) < 4.78 is 30.2. The average molecular weight is 320 g/mol. The van der Waals surface area contributed by atoms with Crippen molar-refractivity contribution in [1.82, 2.24) is 4.40 Å². The molecule has 22 heavy (non-hydrogen) atoms. The minimum atomic E-state index is -0.972. The second kappa shape index (κ2) is 4.29. The summed E-state index contributed by atoms with van der Waals surface area (Å²) in [6.07, 6.45) is 0. The molecule has 0 spiro atoms. The number of aromatic nitrogens is 1. The van der Waals surface area contributed by atoms with Crippen molar-refractivity contribution in [3.63, 3.8) is 0 Å². The summed E-state index contributed by atoms with van der Waals surface area (Å²) >= 11 is 1.49. The van der Waals surface area contributed by atoms with Crippen LogP contribution in [0.15, 0.2) is 16.2 Å². The Morgan fingerprint density at radius 1 is 1.32 bits per heavy atom. The van der Waals surface area contributed by atoms with E-state index in [9.17, 15) is 13.6 Å². The zero-order chi connectivity index (χ0) is 15.8. The summed E-state index contributed by atoms with van der Waals surface area (Å²) in [6.45, 7) is 4.38. The molecule has 0 saturated heterocycles. The number of pyridine rings is 1. The highest BCUT2D eigenvalue weighted by Gasteiger charge is 2.28. The van der Waals surface area contributed by atoms with Crippen molar-refractivity contribution < 1.29 is 8.78 Å². The van der Waals surface area contributed by atoms with Gasteiger partial charge in [0.15, 0.2) is 17.1 Å². The Morgan fingerprint density at radius 2 is 2.05 bits per heavy atom. The lowest BCUT2D eigenvalue weighted by atomic mass is 10.0. The van der Waals surface area contributed by atoms with Gasteiger partial charge >= 0.3 is 0 Å². The van der Waals surface area contributed by atoms with Gasteiger partial charge in [-0.3, -0.25) is 9.20 Å². The molecule has 0 aliphatic carbocycles. The first-order valence-corrected chi connectivity index (χ1v) is 7.97. The molecule has 0 radical (unpaired) electrons. The summed E-state index contributed by atoms with van der Waals surface area (Å²) in [5.74, 6) is -1.84. The molecule has 0 saturated carbocycles. The highest BCUT2D eigenvalue weighted by molar-refractivity contribution is 7.15. The first-order chi connectivity index (χ1) is 10.4. The van der Waals surface area contributed by atoms with Crippen LogP contribution in [0.25, 0.3) is 15.7 Å². The number of halogens is 2. The lowest BCUT2D eigenvalue weighted by molar-refractivity contribution is 0.508. The van der Waals surface area contributed by atoms with E-state index in [0.29, 0.717) is 17.6 Å². The molecule has 1 aliphatic rings. The van der Waals surface area contributed by atoms with Crippen molar-refractivity contribution in [2.75, 3.05) is 11.9 Å². The van der Waals surface area contributed by atoms with Crippen molar-refractivity contribution in [1.29, 1.82) is 0 Å². The minimum absolute atomic E-state index is 0.0205. The van der Waals surface area contributed by atoms with Crippen molar-refractivity contribution >= 4 is 32.8 Å².